The van der Waals surface area contributed by atoms with Crippen molar-refractivity contribution in [2.45, 2.75) is 43.6 Å². The zero-order chi connectivity index (χ0) is 17.0. The summed E-state index contributed by atoms with van der Waals surface area (Å²) in [7, 11) is 1.67. The minimum absolute atomic E-state index is 0.0547. The van der Waals surface area contributed by atoms with E-state index in [0.717, 1.165) is 51.1 Å². The van der Waals surface area contributed by atoms with Crippen LogP contribution in [0.5, 0.6) is 5.75 Å². The second kappa shape index (κ2) is 7.53. The van der Waals surface area contributed by atoms with Gasteiger partial charge in [-0.25, -0.2) is 0 Å². The van der Waals surface area contributed by atoms with E-state index in [9.17, 15) is 4.79 Å². The predicted octanol–water partition coefficient (Wildman–Crippen LogP) is 1.99. The Hall–Kier alpha value is -1.59. The van der Waals surface area contributed by atoms with E-state index in [4.69, 9.17) is 15.2 Å². The van der Waals surface area contributed by atoms with Gasteiger partial charge < -0.3 is 20.5 Å². The predicted molar refractivity (Wildman–Crippen MR) is 93.1 cm³/mol. The average molecular weight is 332 g/mol. The van der Waals surface area contributed by atoms with Gasteiger partial charge in [-0.15, -0.1) is 0 Å². The molecule has 24 heavy (non-hydrogen) atoms. The van der Waals surface area contributed by atoms with E-state index < -0.39 is 0 Å². The molecule has 2 aliphatic rings. The Morgan fingerprint density at radius 2 is 2.00 bits per heavy atom. The van der Waals surface area contributed by atoms with Crippen LogP contribution in [0.3, 0.4) is 0 Å². The van der Waals surface area contributed by atoms with E-state index in [1.165, 1.54) is 5.56 Å². The second-order valence-electron chi connectivity index (χ2n) is 7.11. The average Bonchev–Trinajstić information content (AvgIpc) is 3.07. The Balaban J connectivity index is 1.70. The number of hydrogen-bond acceptors (Lipinski definition) is 4. The first kappa shape index (κ1) is 17.2. The van der Waals surface area contributed by atoms with Gasteiger partial charge in [0.1, 0.15) is 5.75 Å². The Labute approximate surface area is 143 Å². The molecule has 1 aromatic carbocycles. The maximum atomic E-state index is 12.5. The highest BCUT2D eigenvalue weighted by Crippen LogP contribution is 2.35. The molecule has 2 atom stereocenters. The molecule has 1 amide bonds. The van der Waals surface area contributed by atoms with Crippen LogP contribution in [0.4, 0.5) is 0 Å². The minimum atomic E-state index is -0.0547. The van der Waals surface area contributed by atoms with Crippen LogP contribution in [0.15, 0.2) is 24.3 Å². The topological polar surface area (TPSA) is 73.6 Å². The quantitative estimate of drug-likeness (QED) is 0.865. The first-order valence-electron chi connectivity index (χ1n) is 8.88. The molecule has 0 aromatic heterocycles. The molecule has 1 aliphatic carbocycles. The first-order chi connectivity index (χ1) is 11.6. The Morgan fingerprint density at radius 3 is 2.58 bits per heavy atom. The smallest absolute Gasteiger partial charge is 0.223 e. The van der Waals surface area contributed by atoms with Crippen LogP contribution in [0.25, 0.3) is 0 Å². The molecule has 0 spiro atoms. The Morgan fingerprint density at radius 1 is 1.29 bits per heavy atom. The highest BCUT2D eigenvalue weighted by molar-refractivity contribution is 5.79. The van der Waals surface area contributed by atoms with Crippen LogP contribution >= 0.6 is 0 Å². The van der Waals surface area contributed by atoms with Crippen molar-refractivity contribution in [1.29, 1.82) is 0 Å². The van der Waals surface area contributed by atoms with Crippen molar-refractivity contribution in [3.05, 3.63) is 29.8 Å². The molecule has 1 saturated heterocycles. The zero-order valence-electron chi connectivity index (χ0n) is 14.4. The molecule has 2 unspecified atom stereocenters. The van der Waals surface area contributed by atoms with E-state index in [1.807, 2.05) is 12.1 Å². The molecule has 132 valence electrons. The third-order valence-electron chi connectivity index (χ3n) is 5.60. The van der Waals surface area contributed by atoms with Gasteiger partial charge in [-0.05, 0) is 49.8 Å². The number of nitrogens with two attached hydrogens (primary N) is 1. The third kappa shape index (κ3) is 3.73. The number of ether oxygens (including phenoxy) is 2. The number of hydrogen-bond donors (Lipinski definition) is 2. The standard InChI is InChI=1S/C19H28N2O3/c1-23-17-6-3-15(4-7-17)19(8-10-24-11-9-19)13-21-18(22)14-2-5-16(20)12-14/h3-4,6-7,14,16H,2,5,8-13,20H2,1H3,(H,21,22). The van der Waals surface area contributed by atoms with Crippen molar-refractivity contribution in [1.82, 2.24) is 5.32 Å². The number of rotatable bonds is 5. The lowest BCUT2D eigenvalue weighted by Crippen LogP contribution is -2.45. The van der Waals surface area contributed by atoms with Gasteiger partial charge in [0, 0.05) is 37.1 Å². The zero-order valence-corrected chi connectivity index (χ0v) is 14.4. The molecule has 2 fully saturated rings. The van der Waals surface area contributed by atoms with E-state index in [-0.39, 0.29) is 23.3 Å². The van der Waals surface area contributed by atoms with E-state index in [1.54, 1.807) is 7.11 Å². The van der Waals surface area contributed by atoms with Crippen molar-refractivity contribution in [3.63, 3.8) is 0 Å². The van der Waals surface area contributed by atoms with Gasteiger partial charge in [0.05, 0.1) is 7.11 Å². The SMILES string of the molecule is COc1ccc(C2(CNC(=O)C3CCC(N)C3)CCOCC2)cc1. The molecule has 5 nitrogen and oxygen atoms in total. The molecule has 1 heterocycles. The normalized spacial score (nSPS) is 26.1. The van der Waals surface area contributed by atoms with Crippen LogP contribution in [0.1, 0.15) is 37.7 Å². The summed E-state index contributed by atoms with van der Waals surface area (Å²) in [5.41, 5.74) is 7.13. The number of carbonyl (C=O) groups is 1. The number of benzene rings is 1. The summed E-state index contributed by atoms with van der Waals surface area (Å²) in [5.74, 6) is 1.08. The van der Waals surface area contributed by atoms with Crippen molar-refractivity contribution in [2.24, 2.45) is 11.7 Å². The van der Waals surface area contributed by atoms with Crippen molar-refractivity contribution in [2.75, 3.05) is 26.9 Å². The maximum Gasteiger partial charge on any atom is 0.223 e. The summed E-state index contributed by atoms with van der Waals surface area (Å²) < 4.78 is 10.8. The fraction of sp³-hybridized carbons (Fsp3) is 0.632. The van der Waals surface area contributed by atoms with Gasteiger partial charge in [-0.2, -0.15) is 0 Å². The number of methoxy groups -OCH3 is 1. The van der Waals surface area contributed by atoms with E-state index in [2.05, 4.69) is 17.4 Å². The largest absolute Gasteiger partial charge is 0.497 e. The fourth-order valence-corrected chi connectivity index (χ4v) is 3.93. The summed E-state index contributed by atoms with van der Waals surface area (Å²) in [6.07, 6.45) is 4.51. The van der Waals surface area contributed by atoms with Crippen LogP contribution in [0, 0.1) is 5.92 Å². The summed E-state index contributed by atoms with van der Waals surface area (Å²) in [5, 5.41) is 3.20. The molecule has 1 aromatic rings. The molecular formula is C19H28N2O3. The fourth-order valence-electron chi connectivity index (χ4n) is 3.93. The second-order valence-corrected chi connectivity index (χ2v) is 7.11. The van der Waals surface area contributed by atoms with Crippen LogP contribution in [-0.2, 0) is 14.9 Å². The Bertz CT molecular complexity index is 552. The first-order valence-corrected chi connectivity index (χ1v) is 8.88. The van der Waals surface area contributed by atoms with Gasteiger partial charge in [0.25, 0.3) is 0 Å². The van der Waals surface area contributed by atoms with Gasteiger partial charge in [0.2, 0.25) is 5.91 Å². The summed E-state index contributed by atoms with van der Waals surface area (Å²) in [6, 6.07) is 8.39. The molecule has 5 heteroatoms. The minimum Gasteiger partial charge on any atom is -0.497 e. The number of nitrogens with one attached hydrogen (secondary N) is 1. The molecular weight excluding hydrogens is 304 g/mol. The highest BCUT2D eigenvalue weighted by atomic mass is 16.5. The van der Waals surface area contributed by atoms with Crippen LogP contribution in [-0.4, -0.2) is 38.8 Å². The monoisotopic (exact) mass is 332 g/mol. The third-order valence-corrected chi connectivity index (χ3v) is 5.60. The maximum absolute atomic E-state index is 12.5. The van der Waals surface area contributed by atoms with E-state index >= 15 is 0 Å². The molecule has 1 saturated carbocycles. The molecule has 3 rings (SSSR count). The van der Waals surface area contributed by atoms with Gasteiger partial charge >= 0.3 is 0 Å². The van der Waals surface area contributed by atoms with Crippen LogP contribution in [0.2, 0.25) is 0 Å². The van der Waals surface area contributed by atoms with Gasteiger partial charge in [0.15, 0.2) is 0 Å². The lowest BCUT2D eigenvalue weighted by molar-refractivity contribution is -0.125. The van der Waals surface area contributed by atoms with Crippen LogP contribution < -0.4 is 15.8 Å². The van der Waals surface area contributed by atoms with Crippen molar-refractivity contribution in [3.8, 4) is 5.75 Å². The van der Waals surface area contributed by atoms with Crippen molar-refractivity contribution < 1.29 is 14.3 Å². The van der Waals surface area contributed by atoms with E-state index in [0.29, 0.717) is 6.54 Å². The summed E-state index contributed by atoms with van der Waals surface area (Å²) in [4.78, 5) is 12.5. The Kier molecular flexibility index (Phi) is 5.41. The summed E-state index contributed by atoms with van der Waals surface area (Å²) >= 11 is 0. The molecule has 3 N–H and O–H groups in total. The number of amides is 1. The lowest BCUT2D eigenvalue weighted by Gasteiger charge is -2.38. The lowest BCUT2D eigenvalue weighted by atomic mass is 9.74. The summed E-state index contributed by atoms with van der Waals surface area (Å²) in [6.45, 7) is 2.12. The highest BCUT2D eigenvalue weighted by Gasteiger charge is 2.36. The van der Waals surface area contributed by atoms with Gasteiger partial charge in [-0.1, -0.05) is 12.1 Å². The van der Waals surface area contributed by atoms with Gasteiger partial charge in [-0.3, -0.25) is 4.79 Å². The molecule has 0 bridgehead atoms. The molecule has 0 radical (unpaired) electrons. The van der Waals surface area contributed by atoms with Crippen molar-refractivity contribution >= 4 is 5.91 Å². The molecule has 1 aliphatic heterocycles. The number of carbonyl (C=O) groups excluding carboxylic acids is 1.